The van der Waals surface area contributed by atoms with E-state index in [2.05, 4.69) is 10.4 Å². The van der Waals surface area contributed by atoms with E-state index in [9.17, 15) is 9.59 Å². The highest BCUT2D eigenvalue weighted by Gasteiger charge is 2.20. The van der Waals surface area contributed by atoms with Gasteiger partial charge in [-0.25, -0.2) is 4.79 Å². The van der Waals surface area contributed by atoms with Crippen LogP contribution >= 0.6 is 23.2 Å². The minimum absolute atomic E-state index is 0.163. The van der Waals surface area contributed by atoms with Gasteiger partial charge < -0.3 is 10.1 Å². The first-order valence-corrected chi connectivity index (χ1v) is 7.15. The van der Waals surface area contributed by atoms with Crippen LogP contribution in [0.3, 0.4) is 0 Å². The average Bonchev–Trinajstić information content (AvgIpc) is 2.83. The van der Waals surface area contributed by atoms with Crippen LogP contribution in [0.1, 0.15) is 27.6 Å². The van der Waals surface area contributed by atoms with E-state index < -0.39 is 11.9 Å². The van der Waals surface area contributed by atoms with E-state index in [4.69, 9.17) is 27.9 Å². The molecule has 0 saturated heterocycles. The second-order valence-electron chi connectivity index (χ2n) is 4.33. The van der Waals surface area contributed by atoms with E-state index in [0.717, 1.165) is 0 Å². The quantitative estimate of drug-likeness (QED) is 0.867. The Morgan fingerprint density at radius 1 is 1.32 bits per heavy atom. The van der Waals surface area contributed by atoms with E-state index in [1.54, 1.807) is 20.0 Å². The lowest BCUT2D eigenvalue weighted by molar-refractivity contribution is 0.0527. The van der Waals surface area contributed by atoms with Gasteiger partial charge in [0, 0.05) is 12.1 Å². The van der Waals surface area contributed by atoms with Crippen molar-refractivity contribution in [3.63, 3.8) is 0 Å². The van der Waals surface area contributed by atoms with E-state index in [0.29, 0.717) is 5.02 Å². The highest BCUT2D eigenvalue weighted by Crippen LogP contribution is 2.23. The zero-order valence-electron chi connectivity index (χ0n) is 11.9. The summed E-state index contributed by atoms with van der Waals surface area (Å²) in [7, 11) is 1.60. The maximum atomic E-state index is 12.3. The second-order valence-corrected chi connectivity index (χ2v) is 5.17. The van der Waals surface area contributed by atoms with Crippen molar-refractivity contribution in [3.05, 3.63) is 45.6 Å². The maximum absolute atomic E-state index is 12.3. The third-order valence-corrected chi connectivity index (χ3v) is 3.40. The Labute approximate surface area is 137 Å². The molecule has 0 aliphatic heterocycles. The molecule has 0 saturated carbocycles. The topological polar surface area (TPSA) is 73.2 Å². The molecule has 0 radical (unpaired) electrons. The van der Waals surface area contributed by atoms with Crippen molar-refractivity contribution in [3.8, 4) is 0 Å². The van der Waals surface area contributed by atoms with Gasteiger partial charge in [0.25, 0.3) is 5.91 Å². The summed E-state index contributed by atoms with van der Waals surface area (Å²) in [6.45, 7) is 1.92. The van der Waals surface area contributed by atoms with Gasteiger partial charge in [-0.1, -0.05) is 23.2 Å². The SMILES string of the molecule is CCOC(=O)c1cnn(C)c1NC(=O)c1cc(Cl)ccc1Cl. The van der Waals surface area contributed by atoms with Crippen LogP contribution in [0.25, 0.3) is 0 Å². The summed E-state index contributed by atoms with van der Waals surface area (Å²) in [6.07, 6.45) is 1.33. The molecule has 0 aliphatic carbocycles. The number of rotatable bonds is 4. The largest absolute Gasteiger partial charge is 0.462 e. The summed E-state index contributed by atoms with van der Waals surface area (Å²) in [5.74, 6) is -0.843. The Kier molecular flexibility index (Phi) is 5.05. The molecule has 0 atom stereocenters. The van der Waals surface area contributed by atoms with Crippen molar-refractivity contribution in [2.45, 2.75) is 6.92 Å². The Bertz CT molecular complexity index is 728. The molecule has 1 aromatic carbocycles. The monoisotopic (exact) mass is 341 g/mol. The van der Waals surface area contributed by atoms with Crippen LogP contribution < -0.4 is 5.32 Å². The molecular weight excluding hydrogens is 329 g/mol. The Hall–Kier alpha value is -2.05. The molecule has 0 bridgehead atoms. The lowest BCUT2D eigenvalue weighted by Gasteiger charge is -2.09. The first kappa shape index (κ1) is 16.3. The normalized spacial score (nSPS) is 10.4. The van der Waals surface area contributed by atoms with Crippen molar-refractivity contribution in [2.24, 2.45) is 7.05 Å². The summed E-state index contributed by atoms with van der Waals surface area (Å²) in [5.41, 5.74) is 0.362. The first-order valence-electron chi connectivity index (χ1n) is 6.39. The van der Waals surface area contributed by atoms with Gasteiger partial charge >= 0.3 is 5.97 Å². The molecule has 22 heavy (non-hydrogen) atoms. The Morgan fingerprint density at radius 3 is 2.73 bits per heavy atom. The van der Waals surface area contributed by atoms with E-state index in [1.165, 1.54) is 23.0 Å². The molecule has 1 amide bonds. The number of nitrogens with zero attached hydrogens (tertiary/aromatic N) is 2. The van der Waals surface area contributed by atoms with Gasteiger partial charge in [-0.3, -0.25) is 9.48 Å². The first-order chi connectivity index (χ1) is 10.4. The number of halogens is 2. The fourth-order valence-electron chi connectivity index (χ4n) is 1.79. The number of benzene rings is 1. The van der Waals surface area contributed by atoms with Crippen LogP contribution in [0.15, 0.2) is 24.4 Å². The van der Waals surface area contributed by atoms with Crippen molar-refractivity contribution in [1.82, 2.24) is 9.78 Å². The van der Waals surface area contributed by atoms with Crippen molar-refractivity contribution in [2.75, 3.05) is 11.9 Å². The molecule has 116 valence electrons. The number of aryl methyl sites for hydroxylation is 1. The molecule has 1 N–H and O–H groups in total. The summed E-state index contributed by atoms with van der Waals surface area (Å²) in [6, 6.07) is 4.54. The minimum atomic E-state index is -0.567. The fraction of sp³-hybridized carbons (Fsp3) is 0.214. The zero-order chi connectivity index (χ0) is 16.3. The number of hydrogen-bond donors (Lipinski definition) is 1. The van der Waals surface area contributed by atoms with Crippen molar-refractivity contribution >= 4 is 40.9 Å². The standard InChI is InChI=1S/C14H13Cl2N3O3/c1-3-22-14(21)10-7-17-19(2)12(10)18-13(20)9-6-8(15)4-5-11(9)16/h4-7H,3H2,1-2H3,(H,18,20). The summed E-state index contributed by atoms with van der Waals surface area (Å²) in [5, 5.41) is 7.18. The zero-order valence-corrected chi connectivity index (χ0v) is 13.4. The third-order valence-electron chi connectivity index (χ3n) is 2.84. The Morgan fingerprint density at radius 2 is 2.05 bits per heavy atom. The fourth-order valence-corrected chi connectivity index (χ4v) is 2.17. The van der Waals surface area contributed by atoms with Crippen LogP contribution in [0.2, 0.25) is 10.0 Å². The van der Waals surface area contributed by atoms with Gasteiger partial charge in [-0.15, -0.1) is 0 Å². The van der Waals surface area contributed by atoms with Gasteiger partial charge in [-0.05, 0) is 25.1 Å². The summed E-state index contributed by atoms with van der Waals surface area (Å²) >= 11 is 11.9. The number of amides is 1. The number of esters is 1. The lowest BCUT2D eigenvalue weighted by Crippen LogP contribution is -2.18. The minimum Gasteiger partial charge on any atom is -0.462 e. The smallest absolute Gasteiger partial charge is 0.343 e. The van der Waals surface area contributed by atoms with Gasteiger partial charge in [0.2, 0.25) is 0 Å². The van der Waals surface area contributed by atoms with Gasteiger partial charge in [0.1, 0.15) is 11.4 Å². The number of nitrogens with one attached hydrogen (secondary N) is 1. The van der Waals surface area contributed by atoms with Crippen LogP contribution in [0.5, 0.6) is 0 Å². The number of anilines is 1. The lowest BCUT2D eigenvalue weighted by atomic mass is 10.2. The third kappa shape index (κ3) is 3.40. The van der Waals surface area contributed by atoms with Crippen molar-refractivity contribution in [1.29, 1.82) is 0 Å². The van der Waals surface area contributed by atoms with Crippen molar-refractivity contribution < 1.29 is 14.3 Å². The molecule has 8 heteroatoms. The van der Waals surface area contributed by atoms with Gasteiger partial charge in [-0.2, -0.15) is 5.10 Å². The molecule has 2 aromatic rings. The number of carbonyl (C=O) groups is 2. The van der Waals surface area contributed by atoms with Crippen LogP contribution in [0, 0.1) is 0 Å². The van der Waals surface area contributed by atoms with Gasteiger partial charge in [0.15, 0.2) is 0 Å². The molecule has 0 aliphatic rings. The van der Waals surface area contributed by atoms with Crippen LogP contribution in [-0.4, -0.2) is 28.3 Å². The highest BCUT2D eigenvalue weighted by atomic mass is 35.5. The van der Waals surface area contributed by atoms with E-state index in [-0.39, 0.29) is 28.6 Å². The summed E-state index contributed by atoms with van der Waals surface area (Å²) in [4.78, 5) is 24.2. The number of ether oxygens (including phenoxy) is 1. The predicted octanol–water partition coefficient (Wildman–Crippen LogP) is 3.16. The molecule has 0 fully saturated rings. The molecule has 0 spiro atoms. The molecule has 1 aromatic heterocycles. The van der Waals surface area contributed by atoms with Crippen LogP contribution in [0.4, 0.5) is 5.82 Å². The predicted molar refractivity (Wildman–Crippen MR) is 83.6 cm³/mol. The number of hydrogen-bond acceptors (Lipinski definition) is 4. The number of carbonyl (C=O) groups excluding carboxylic acids is 2. The van der Waals surface area contributed by atoms with Gasteiger partial charge in [0.05, 0.1) is 23.4 Å². The molecule has 1 heterocycles. The summed E-state index contributed by atoms with van der Waals surface area (Å²) < 4.78 is 6.29. The molecule has 6 nitrogen and oxygen atoms in total. The maximum Gasteiger partial charge on any atom is 0.343 e. The molecule has 2 rings (SSSR count). The van der Waals surface area contributed by atoms with E-state index in [1.807, 2.05) is 0 Å². The van der Waals surface area contributed by atoms with Crippen LogP contribution in [-0.2, 0) is 11.8 Å². The average molecular weight is 342 g/mol. The highest BCUT2D eigenvalue weighted by molar-refractivity contribution is 6.36. The Balaban J connectivity index is 2.31. The van der Waals surface area contributed by atoms with E-state index >= 15 is 0 Å². The molecule has 0 unspecified atom stereocenters. The number of aromatic nitrogens is 2. The molecular formula is C14H13Cl2N3O3. The second kappa shape index (κ2) is 6.81.